The molecule has 118 valence electrons. The molecular weight excluding hydrogens is 289 g/mol. The molecule has 0 saturated heterocycles. The Morgan fingerprint density at radius 2 is 2.23 bits per heavy atom. The lowest BCUT2D eigenvalue weighted by atomic mass is 10.2. The van der Waals surface area contributed by atoms with Crippen LogP contribution in [-0.2, 0) is 11.3 Å². The van der Waals surface area contributed by atoms with E-state index in [2.05, 4.69) is 0 Å². The number of halogens is 1. The molecule has 2 heterocycles. The average Bonchev–Trinajstić information content (AvgIpc) is 3.01. The number of benzene rings is 1. The molecule has 0 aliphatic carbocycles. The van der Waals surface area contributed by atoms with Crippen molar-refractivity contribution >= 4 is 5.69 Å². The fraction of sp³-hybridized carbons (Fsp3) is 0.375. The quantitative estimate of drug-likeness (QED) is 0.886. The Morgan fingerprint density at radius 1 is 1.32 bits per heavy atom. The zero-order valence-electron chi connectivity index (χ0n) is 12.1. The van der Waals surface area contributed by atoms with E-state index in [9.17, 15) is 9.50 Å². The molecule has 1 unspecified atom stereocenters. The van der Waals surface area contributed by atoms with Gasteiger partial charge < -0.3 is 23.9 Å². The van der Waals surface area contributed by atoms with Crippen LogP contribution in [-0.4, -0.2) is 37.5 Å². The number of furan rings is 1. The van der Waals surface area contributed by atoms with Crippen LogP contribution in [0.15, 0.2) is 41.0 Å². The number of aliphatic hydroxyl groups is 1. The smallest absolute Gasteiger partial charge is 0.150 e. The third kappa shape index (κ3) is 3.40. The molecule has 5 nitrogen and oxygen atoms in total. The number of ether oxygens (including phenoxy) is 2. The van der Waals surface area contributed by atoms with Gasteiger partial charge in [-0.25, -0.2) is 4.39 Å². The highest BCUT2D eigenvalue weighted by molar-refractivity contribution is 5.60. The highest BCUT2D eigenvalue weighted by Crippen LogP contribution is 2.33. The zero-order chi connectivity index (χ0) is 15.4. The Hall–Kier alpha value is -2.05. The van der Waals surface area contributed by atoms with Crippen LogP contribution in [0.1, 0.15) is 5.76 Å². The number of anilines is 1. The summed E-state index contributed by atoms with van der Waals surface area (Å²) in [6.45, 7) is 1.75. The normalized spacial score (nSPS) is 15.3. The minimum Gasteiger partial charge on any atom is -0.489 e. The van der Waals surface area contributed by atoms with Gasteiger partial charge in [0, 0.05) is 6.54 Å². The molecule has 22 heavy (non-hydrogen) atoms. The fourth-order valence-electron chi connectivity index (χ4n) is 2.48. The predicted molar refractivity (Wildman–Crippen MR) is 78.5 cm³/mol. The molecule has 2 aromatic rings. The Balaban J connectivity index is 1.55. The maximum atomic E-state index is 14.0. The van der Waals surface area contributed by atoms with Gasteiger partial charge in [-0.15, -0.1) is 0 Å². The molecule has 0 bridgehead atoms. The highest BCUT2D eigenvalue weighted by atomic mass is 19.1. The number of rotatable bonds is 6. The van der Waals surface area contributed by atoms with E-state index in [1.54, 1.807) is 35.4 Å². The van der Waals surface area contributed by atoms with Gasteiger partial charge in [0.2, 0.25) is 0 Å². The van der Waals surface area contributed by atoms with Gasteiger partial charge >= 0.3 is 0 Å². The predicted octanol–water partition coefficient (Wildman–Crippen LogP) is 2.20. The van der Waals surface area contributed by atoms with Crippen LogP contribution in [0.4, 0.5) is 10.1 Å². The summed E-state index contributed by atoms with van der Waals surface area (Å²) in [7, 11) is 0. The standard InChI is InChI=1S/C16H18FNO4/c17-14-4-1-5-15-16(14)18(6-8-22-15)9-12(19)10-20-11-13-3-2-7-21-13/h1-5,7,12,19H,6,8-11H2. The van der Waals surface area contributed by atoms with Crippen LogP contribution in [0.5, 0.6) is 5.75 Å². The van der Waals surface area contributed by atoms with E-state index in [1.165, 1.54) is 6.07 Å². The zero-order valence-corrected chi connectivity index (χ0v) is 12.1. The molecule has 0 spiro atoms. The van der Waals surface area contributed by atoms with Gasteiger partial charge in [-0.2, -0.15) is 0 Å². The maximum absolute atomic E-state index is 14.0. The van der Waals surface area contributed by atoms with E-state index in [4.69, 9.17) is 13.9 Å². The third-order valence-electron chi connectivity index (χ3n) is 3.45. The molecule has 0 fully saturated rings. The van der Waals surface area contributed by atoms with Gasteiger partial charge in [0.25, 0.3) is 0 Å². The van der Waals surface area contributed by atoms with Crippen molar-refractivity contribution in [1.29, 1.82) is 0 Å². The molecule has 3 rings (SSSR count). The summed E-state index contributed by atoms with van der Waals surface area (Å²) in [5, 5.41) is 10.1. The molecule has 1 aromatic carbocycles. The van der Waals surface area contributed by atoms with E-state index >= 15 is 0 Å². The molecule has 1 aliphatic rings. The lowest BCUT2D eigenvalue weighted by molar-refractivity contribution is 0.0250. The lowest BCUT2D eigenvalue weighted by Gasteiger charge is -2.32. The van der Waals surface area contributed by atoms with Crippen LogP contribution < -0.4 is 9.64 Å². The van der Waals surface area contributed by atoms with Crippen molar-refractivity contribution in [3.05, 3.63) is 48.2 Å². The number of β-amino-alcohol motifs (C(OH)–C–C–N with tert-alkyl or cyclic N) is 1. The second-order valence-electron chi connectivity index (χ2n) is 5.13. The van der Waals surface area contributed by atoms with Crippen LogP contribution in [0.25, 0.3) is 0 Å². The molecule has 0 amide bonds. The second-order valence-corrected chi connectivity index (χ2v) is 5.13. The summed E-state index contributed by atoms with van der Waals surface area (Å²) in [5.74, 6) is 0.867. The molecular formula is C16H18FNO4. The summed E-state index contributed by atoms with van der Waals surface area (Å²) in [6, 6.07) is 8.31. The number of hydrogen-bond donors (Lipinski definition) is 1. The Labute approximate surface area is 127 Å². The summed E-state index contributed by atoms with van der Waals surface area (Å²) in [5.41, 5.74) is 0.402. The van der Waals surface area contributed by atoms with Gasteiger partial charge in [0.1, 0.15) is 36.2 Å². The lowest BCUT2D eigenvalue weighted by Crippen LogP contribution is -2.40. The van der Waals surface area contributed by atoms with Gasteiger partial charge in [-0.1, -0.05) is 6.07 Å². The van der Waals surface area contributed by atoms with Crippen molar-refractivity contribution in [1.82, 2.24) is 0 Å². The first kappa shape index (κ1) is 14.9. The van der Waals surface area contributed by atoms with Gasteiger partial charge in [-0.05, 0) is 24.3 Å². The first-order valence-electron chi connectivity index (χ1n) is 7.18. The average molecular weight is 307 g/mol. The van der Waals surface area contributed by atoms with Crippen molar-refractivity contribution in [2.24, 2.45) is 0 Å². The van der Waals surface area contributed by atoms with Crippen molar-refractivity contribution < 1.29 is 23.4 Å². The van der Waals surface area contributed by atoms with Gasteiger partial charge in [-0.3, -0.25) is 0 Å². The van der Waals surface area contributed by atoms with Crippen molar-refractivity contribution in [3.8, 4) is 5.75 Å². The van der Waals surface area contributed by atoms with E-state index < -0.39 is 6.10 Å². The van der Waals surface area contributed by atoms with E-state index in [0.717, 1.165) is 0 Å². The van der Waals surface area contributed by atoms with Crippen molar-refractivity contribution in [3.63, 3.8) is 0 Å². The molecule has 1 aromatic heterocycles. The fourth-order valence-corrected chi connectivity index (χ4v) is 2.48. The summed E-state index contributed by atoms with van der Waals surface area (Å²) in [4.78, 5) is 1.79. The minimum absolute atomic E-state index is 0.155. The number of para-hydroxylation sites is 1. The third-order valence-corrected chi connectivity index (χ3v) is 3.45. The number of nitrogens with zero attached hydrogens (tertiary/aromatic N) is 1. The van der Waals surface area contributed by atoms with Crippen LogP contribution in [0.3, 0.4) is 0 Å². The molecule has 0 radical (unpaired) electrons. The molecule has 1 aliphatic heterocycles. The first-order chi connectivity index (χ1) is 10.7. The molecule has 1 atom stereocenters. The maximum Gasteiger partial charge on any atom is 0.150 e. The highest BCUT2D eigenvalue weighted by Gasteiger charge is 2.23. The Kier molecular flexibility index (Phi) is 4.60. The summed E-state index contributed by atoms with van der Waals surface area (Å²) >= 11 is 0. The van der Waals surface area contributed by atoms with Crippen molar-refractivity contribution in [2.75, 3.05) is 31.2 Å². The topological polar surface area (TPSA) is 55.1 Å². The Morgan fingerprint density at radius 3 is 3.05 bits per heavy atom. The number of fused-ring (bicyclic) bond motifs is 1. The number of hydrogen-bond acceptors (Lipinski definition) is 5. The summed E-state index contributed by atoms with van der Waals surface area (Å²) < 4.78 is 30.0. The Bertz CT molecular complexity index is 602. The van der Waals surface area contributed by atoms with E-state index in [0.29, 0.717) is 37.0 Å². The van der Waals surface area contributed by atoms with Gasteiger partial charge in [0.15, 0.2) is 0 Å². The number of aliphatic hydroxyl groups excluding tert-OH is 1. The van der Waals surface area contributed by atoms with Crippen LogP contribution in [0.2, 0.25) is 0 Å². The largest absolute Gasteiger partial charge is 0.489 e. The van der Waals surface area contributed by atoms with E-state index in [-0.39, 0.29) is 19.0 Å². The molecule has 0 saturated carbocycles. The summed E-state index contributed by atoms with van der Waals surface area (Å²) in [6.07, 6.45) is 0.850. The minimum atomic E-state index is -0.722. The molecule has 6 heteroatoms. The monoisotopic (exact) mass is 307 g/mol. The van der Waals surface area contributed by atoms with Crippen LogP contribution in [0, 0.1) is 5.82 Å². The van der Waals surface area contributed by atoms with Crippen LogP contribution >= 0.6 is 0 Å². The van der Waals surface area contributed by atoms with Gasteiger partial charge in [0.05, 0.1) is 25.5 Å². The first-order valence-corrected chi connectivity index (χ1v) is 7.18. The second kappa shape index (κ2) is 6.81. The van der Waals surface area contributed by atoms with Crippen molar-refractivity contribution in [2.45, 2.75) is 12.7 Å². The molecule has 1 N–H and O–H groups in total. The van der Waals surface area contributed by atoms with E-state index in [1.807, 2.05) is 0 Å². The SMILES string of the molecule is OC(COCc1ccco1)CN1CCOc2cccc(F)c21.